The van der Waals surface area contributed by atoms with Crippen LogP contribution >= 0.6 is 0 Å². The maximum absolute atomic E-state index is 12.7. The second kappa shape index (κ2) is 5.65. The molecule has 1 aromatic carbocycles. The zero-order valence-corrected chi connectivity index (χ0v) is 13.1. The molecule has 2 aromatic rings. The van der Waals surface area contributed by atoms with Crippen LogP contribution in [0.1, 0.15) is 48.3 Å². The van der Waals surface area contributed by atoms with E-state index in [1.54, 1.807) is 6.20 Å². The SMILES string of the molecule is CC1CCN1C(=O)c1cnc(C2CC2)nc1Oc1ccccc1. The van der Waals surface area contributed by atoms with E-state index >= 15 is 0 Å². The van der Waals surface area contributed by atoms with Gasteiger partial charge in [0.1, 0.15) is 17.1 Å². The number of ether oxygens (including phenoxy) is 1. The molecule has 1 atom stereocenters. The van der Waals surface area contributed by atoms with E-state index in [1.165, 1.54) is 0 Å². The summed E-state index contributed by atoms with van der Waals surface area (Å²) in [4.78, 5) is 23.5. The molecule has 5 heteroatoms. The number of rotatable bonds is 4. The van der Waals surface area contributed by atoms with Crippen LogP contribution in [0.2, 0.25) is 0 Å². The van der Waals surface area contributed by atoms with Gasteiger partial charge in [-0.1, -0.05) is 18.2 Å². The average molecular weight is 309 g/mol. The Labute approximate surface area is 135 Å². The van der Waals surface area contributed by atoms with Crippen molar-refractivity contribution in [3.05, 3.63) is 47.9 Å². The molecule has 2 fully saturated rings. The van der Waals surface area contributed by atoms with Gasteiger partial charge in [-0.05, 0) is 38.3 Å². The van der Waals surface area contributed by atoms with E-state index in [0.29, 0.717) is 23.1 Å². The third-order valence-electron chi connectivity index (χ3n) is 4.48. The summed E-state index contributed by atoms with van der Waals surface area (Å²) in [5.74, 6) is 2.21. The van der Waals surface area contributed by atoms with Crippen LogP contribution in [0, 0.1) is 0 Å². The molecule has 2 heterocycles. The Balaban J connectivity index is 1.67. The number of likely N-dealkylation sites (tertiary alicyclic amines) is 1. The zero-order valence-electron chi connectivity index (χ0n) is 13.1. The van der Waals surface area contributed by atoms with E-state index in [9.17, 15) is 4.79 Å². The molecule has 1 amide bonds. The predicted molar refractivity (Wildman–Crippen MR) is 85.6 cm³/mol. The minimum absolute atomic E-state index is 0.0444. The molecule has 1 aliphatic heterocycles. The Kier molecular flexibility index (Phi) is 3.48. The molecule has 1 saturated heterocycles. The van der Waals surface area contributed by atoms with E-state index in [4.69, 9.17) is 4.74 Å². The average Bonchev–Trinajstić information content (AvgIpc) is 3.39. The fourth-order valence-electron chi connectivity index (χ4n) is 2.71. The molecule has 1 saturated carbocycles. The second-order valence-electron chi connectivity index (χ2n) is 6.27. The summed E-state index contributed by atoms with van der Waals surface area (Å²) in [6.45, 7) is 2.84. The molecule has 118 valence electrons. The van der Waals surface area contributed by atoms with Crippen LogP contribution in [-0.4, -0.2) is 33.4 Å². The number of carbonyl (C=O) groups is 1. The van der Waals surface area contributed by atoms with Gasteiger partial charge in [-0.25, -0.2) is 4.98 Å². The maximum Gasteiger partial charge on any atom is 0.261 e. The summed E-state index contributed by atoms with van der Waals surface area (Å²) in [6, 6.07) is 9.72. The largest absolute Gasteiger partial charge is 0.438 e. The van der Waals surface area contributed by atoms with Crippen molar-refractivity contribution >= 4 is 5.91 Å². The van der Waals surface area contributed by atoms with Gasteiger partial charge in [0.05, 0.1) is 0 Å². The first-order valence-corrected chi connectivity index (χ1v) is 8.13. The molecule has 5 nitrogen and oxygen atoms in total. The Hall–Kier alpha value is -2.43. The van der Waals surface area contributed by atoms with Gasteiger partial charge < -0.3 is 9.64 Å². The quantitative estimate of drug-likeness (QED) is 0.869. The molecule has 1 aliphatic carbocycles. The molecular formula is C18H19N3O2. The minimum atomic E-state index is -0.0444. The van der Waals surface area contributed by atoms with Gasteiger partial charge in [0.15, 0.2) is 0 Å². The second-order valence-corrected chi connectivity index (χ2v) is 6.27. The van der Waals surface area contributed by atoms with Gasteiger partial charge in [0, 0.05) is 24.7 Å². The molecule has 4 rings (SSSR count). The molecule has 1 unspecified atom stereocenters. The van der Waals surface area contributed by atoms with Gasteiger partial charge in [-0.2, -0.15) is 4.98 Å². The molecular weight excluding hydrogens is 290 g/mol. The lowest BCUT2D eigenvalue weighted by molar-refractivity contribution is 0.0498. The Morgan fingerprint density at radius 3 is 2.61 bits per heavy atom. The van der Waals surface area contributed by atoms with Gasteiger partial charge in [0.2, 0.25) is 5.88 Å². The molecule has 0 radical (unpaired) electrons. The lowest BCUT2D eigenvalue weighted by atomic mass is 10.0. The van der Waals surface area contributed by atoms with Crippen molar-refractivity contribution in [2.24, 2.45) is 0 Å². The normalized spacial score (nSPS) is 20.0. The predicted octanol–water partition coefficient (Wildman–Crippen LogP) is 3.38. The highest BCUT2D eigenvalue weighted by Crippen LogP contribution is 2.39. The van der Waals surface area contributed by atoms with E-state index in [1.807, 2.05) is 35.2 Å². The van der Waals surface area contributed by atoms with Crippen molar-refractivity contribution in [3.8, 4) is 11.6 Å². The van der Waals surface area contributed by atoms with Crippen molar-refractivity contribution in [3.63, 3.8) is 0 Å². The number of benzene rings is 1. The highest BCUT2D eigenvalue weighted by atomic mass is 16.5. The first kappa shape index (κ1) is 14.2. The number of hydrogen-bond donors (Lipinski definition) is 0. The molecule has 23 heavy (non-hydrogen) atoms. The van der Waals surface area contributed by atoms with Crippen molar-refractivity contribution in [2.45, 2.75) is 38.1 Å². The topological polar surface area (TPSA) is 55.3 Å². The number of hydrogen-bond acceptors (Lipinski definition) is 4. The highest BCUT2D eigenvalue weighted by molar-refractivity contribution is 5.96. The number of nitrogens with zero attached hydrogens (tertiary/aromatic N) is 3. The van der Waals surface area contributed by atoms with Crippen LogP contribution < -0.4 is 4.74 Å². The van der Waals surface area contributed by atoms with Crippen molar-refractivity contribution in [1.82, 2.24) is 14.9 Å². The summed E-state index contributed by atoms with van der Waals surface area (Å²) in [5.41, 5.74) is 0.449. The summed E-state index contributed by atoms with van der Waals surface area (Å²) in [6.07, 6.45) is 4.90. The van der Waals surface area contributed by atoms with E-state index in [0.717, 1.165) is 31.6 Å². The maximum atomic E-state index is 12.7. The highest BCUT2D eigenvalue weighted by Gasteiger charge is 2.33. The fourth-order valence-corrected chi connectivity index (χ4v) is 2.71. The Morgan fingerprint density at radius 2 is 2.00 bits per heavy atom. The van der Waals surface area contributed by atoms with Crippen LogP contribution in [-0.2, 0) is 0 Å². The molecule has 0 bridgehead atoms. The van der Waals surface area contributed by atoms with E-state index < -0.39 is 0 Å². The smallest absolute Gasteiger partial charge is 0.261 e. The van der Waals surface area contributed by atoms with E-state index in [2.05, 4.69) is 16.9 Å². The third-order valence-corrected chi connectivity index (χ3v) is 4.48. The van der Waals surface area contributed by atoms with Crippen molar-refractivity contribution in [2.75, 3.05) is 6.54 Å². The third kappa shape index (κ3) is 2.79. The minimum Gasteiger partial charge on any atom is -0.438 e. The Morgan fingerprint density at radius 1 is 1.22 bits per heavy atom. The standard InChI is InChI=1S/C18H19N3O2/c1-12-9-10-21(12)18(22)15-11-19-16(13-7-8-13)20-17(15)23-14-5-3-2-4-6-14/h2-6,11-13H,7-10H2,1H3. The van der Waals surface area contributed by atoms with Gasteiger partial charge in [-0.3, -0.25) is 4.79 Å². The van der Waals surface area contributed by atoms with Crippen molar-refractivity contribution in [1.29, 1.82) is 0 Å². The number of amides is 1. The van der Waals surface area contributed by atoms with Gasteiger partial charge in [-0.15, -0.1) is 0 Å². The molecule has 1 aromatic heterocycles. The fraction of sp³-hybridized carbons (Fsp3) is 0.389. The lowest BCUT2D eigenvalue weighted by Crippen LogP contribution is -2.49. The zero-order chi connectivity index (χ0) is 15.8. The van der Waals surface area contributed by atoms with Crippen LogP contribution in [0.25, 0.3) is 0 Å². The summed E-state index contributed by atoms with van der Waals surface area (Å²) < 4.78 is 5.90. The summed E-state index contributed by atoms with van der Waals surface area (Å²) in [7, 11) is 0. The van der Waals surface area contributed by atoms with Crippen molar-refractivity contribution < 1.29 is 9.53 Å². The lowest BCUT2D eigenvalue weighted by Gasteiger charge is -2.38. The van der Waals surface area contributed by atoms with Gasteiger partial charge >= 0.3 is 0 Å². The molecule has 2 aliphatic rings. The number of aromatic nitrogens is 2. The van der Waals surface area contributed by atoms with Gasteiger partial charge in [0.25, 0.3) is 5.91 Å². The molecule has 0 spiro atoms. The van der Waals surface area contributed by atoms with Crippen LogP contribution in [0.3, 0.4) is 0 Å². The van der Waals surface area contributed by atoms with Crippen LogP contribution in [0.15, 0.2) is 36.5 Å². The number of carbonyl (C=O) groups excluding carboxylic acids is 1. The monoisotopic (exact) mass is 309 g/mol. The van der Waals surface area contributed by atoms with Crippen LogP contribution in [0.5, 0.6) is 11.6 Å². The summed E-state index contributed by atoms with van der Waals surface area (Å²) >= 11 is 0. The number of para-hydroxylation sites is 1. The first-order valence-electron chi connectivity index (χ1n) is 8.13. The van der Waals surface area contributed by atoms with E-state index in [-0.39, 0.29) is 11.9 Å². The first-order chi connectivity index (χ1) is 11.2. The summed E-state index contributed by atoms with van der Waals surface area (Å²) in [5, 5.41) is 0. The van der Waals surface area contributed by atoms with Crippen LogP contribution in [0.4, 0.5) is 0 Å². The molecule has 0 N–H and O–H groups in total. The Bertz CT molecular complexity index is 728.